The fourth-order valence-corrected chi connectivity index (χ4v) is 3.79. The molecule has 0 fully saturated rings. The molecule has 0 atom stereocenters. The normalized spacial score (nSPS) is 10.9. The summed E-state index contributed by atoms with van der Waals surface area (Å²) in [6.45, 7) is 3.77. The number of nitrogens with zero attached hydrogens (tertiary/aromatic N) is 2. The quantitative estimate of drug-likeness (QED) is 0.369. The second-order valence-electron chi connectivity index (χ2n) is 7.32. The monoisotopic (exact) mass is 433 g/mol. The summed E-state index contributed by atoms with van der Waals surface area (Å²) >= 11 is 1.58. The van der Waals surface area contributed by atoms with Crippen LogP contribution in [0.3, 0.4) is 0 Å². The third-order valence-electron chi connectivity index (χ3n) is 4.39. The van der Waals surface area contributed by atoms with Crippen molar-refractivity contribution < 1.29 is 9.53 Å². The minimum atomic E-state index is -0.161. The van der Waals surface area contributed by atoms with Crippen molar-refractivity contribution in [2.24, 2.45) is 0 Å². The SMILES string of the molecule is CC(C)NC(=O)COc1cccc(-c2nc(Nc3ccc(N)cc3)c3sccc3n2)c1. The van der Waals surface area contributed by atoms with Crippen molar-refractivity contribution in [2.75, 3.05) is 17.7 Å². The summed E-state index contributed by atoms with van der Waals surface area (Å²) in [5, 5.41) is 8.16. The molecule has 7 nitrogen and oxygen atoms in total. The highest BCUT2D eigenvalue weighted by atomic mass is 32.1. The summed E-state index contributed by atoms with van der Waals surface area (Å²) in [7, 11) is 0. The van der Waals surface area contributed by atoms with Crippen LogP contribution in [0.15, 0.2) is 60.0 Å². The number of carbonyl (C=O) groups is 1. The van der Waals surface area contributed by atoms with Crippen molar-refractivity contribution in [1.82, 2.24) is 15.3 Å². The van der Waals surface area contributed by atoms with Gasteiger partial charge < -0.3 is 21.1 Å². The molecule has 8 heteroatoms. The smallest absolute Gasteiger partial charge is 0.258 e. The van der Waals surface area contributed by atoms with E-state index in [0.29, 0.717) is 17.3 Å². The molecule has 0 unspecified atom stereocenters. The highest BCUT2D eigenvalue weighted by molar-refractivity contribution is 7.17. The van der Waals surface area contributed by atoms with Crippen molar-refractivity contribution >= 4 is 44.7 Å². The van der Waals surface area contributed by atoms with E-state index in [4.69, 9.17) is 20.4 Å². The summed E-state index contributed by atoms with van der Waals surface area (Å²) in [6, 6.07) is 17.0. The number of hydrogen-bond donors (Lipinski definition) is 3. The van der Waals surface area contributed by atoms with E-state index < -0.39 is 0 Å². The standard InChI is InChI=1S/C23H23N5O2S/c1-14(2)25-20(29)13-30-18-5-3-4-15(12-18)22-27-19-10-11-31-21(19)23(28-22)26-17-8-6-16(24)7-9-17/h3-12,14H,13,24H2,1-2H3,(H,25,29)(H,26,27,28). The molecule has 0 saturated heterocycles. The Bertz CT molecular complexity index is 1200. The van der Waals surface area contributed by atoms with Gasteiger partial charge in [0.15, 0.2) is 18.2 Å². The maximum absolute atomic E-state index is 11.9. The van der Waals surface area contributed by atoms with Crippen LogP contribution in [0.5, 0.6) is 5.75 Å². The molecule has 0 aliphatic rings. The van der Waals surface area contributed by atoms with Crippen molar-refractivity contribution in [3.8, 4) is 17.1 Å². The van der Waals surface area contributed by atoms with Crippen LogP contribution in [0.2, 0.25) is 0 Å². The molecule has 2 aromatic carbocycles. The number of benzene rings is 2. The second-order valence-corrected chi connectivity index (χ2v) is 8.23. The van der Waals surface area contributed by atoms with Crippen LogP contribution in [0.1, 0.15) is 13.8 Å². The number of aromatic nitrogens is 2. The number of nitrogens with one attached hydrogen (secondary N) is 2. The zero-order chi connectivity index (χ0) is 21.8. The molecular weight excluding hydrogens is 410 g/mol. The zero-order valence-electron chi connectivity index (χ0n) is 17.3. The first kappa shape index (κ1) is 20.6. The first-order valence-electron chi connectivity index (χ1n) is 9.88. The lowest BCUT2D eigenvalue weighted by atomic mass is 10.2. The molecule has 4 aromatic rings. The number of rotatable bonds is 7. The largest absolute Gasteiger partial charge is 0.484 e. The molecule has 0 radical (unpaired) electrons. The van der Waals surface area contributed by atoms with Gasteiger partial charge in [0.25, 0.3) is 5.91 Å². The lowest BCUT2D eigenvalue weighted by Gasteiger charge is -2.11. The third kappa shape index (κ3) is 5.10. The van der Waals surface area contributed by atoms with Gasteiger partial charge in [-0.25, -0.2) is 9.97 Å². The van der Waals surface area contributed by atoms with Gasteiger partial charge in [0.1, 0.15) is 5.75 Å². The van der Waals surface area contributed by atoms with Gasteiger partial charge in [-0.05, 0) is 61.7 Å². The molecule has 4 rings (SSSR count). The molecule has 31 heavy (non-hydrogen) atoms. The van der Waals surface area contributed by atoms with Gasteiger partial charge in [-0.3, -0.25) is 4.79 Å². The van der Waals surface area contributed by atoms with Crippen molar-refractivity contribution in [2.45, 2.75) is 19.9 Å². The maximum atomic E-state index is 11.9. The number of anilines is 3. The predicted octanol–water partition coefficient (Wildman–Crippen LogP) is 4.59. The number of nitrogen functional groups attached to an aromatic ring is 1. The van der Waals surface area contributed by atoms with Crippen molar-refractivity contribution in [3.63, 3.8) is 0 Å². The highest BCUT2D eigenvalue weighted by Gasteiger charge is 2.12. The lowest BCUT2D eigenvalue weighted by molar-refractivity contribution is -0.123. The summed E-state index contributed by atoms with van der Waals surface area (Å²) in [5.74, 6) is 1.72. The number of nitrogens with two attached hydrogens (primary N) is 1. The van der Waals surface area contributed by atoms with Gasteiger partial charge in [0, 0.05) is 23.0 Å². The minimum absolute atomic E-state index is 0.0456. The average Bonchev–Trinajstić information content (AvgIpc) is 3.23. The molecular formula is C23H23N5O2S. The van der Waals surface area contributed by atoms with Gasteiger partial charge in [-0.1, -0.05) is 12.1 Å². The fraction of sp³-hybridized carbons (Fsp3) is 0.174. The van der Waals surface area contributed by atoms with Gasteiger partial charge in [0.05, 0.1) is 10.2 Å². The van der Waals surface area contributed by atoms with Crippen LogP contribution in [0.25, 0.3) is 21.6 Å². The number of fused-ring (bicyclic) bond motifs is 1. The Balaban J connectivity index is 1.61. The zero-order valence-corrected chi connectivity index (χ0v) is 18.1. The Morgan fingerprint density at radius 1 is 1.13 bits per heavy atom. The summed E-state index contributed by atoms with van der Waals surface area (Å²) in [5.41, 5.74) is 9.04. The molecule has 1 amide bonds. The molecule has 0 saturated carbocycles. The third-order valence-corrected chi connectivity index (χ3v) is 5.30. The van der Waals surface area contributed by atoms with E-state index >= 15 is 0 Å². The van der Waals surface area contributed by atoms with Crippen LogP contribution in [-0.2, 0) is 4.79 Å². The Hall–Kier alpha value is -3.65. The summed E-state index contributed by atoms with van der Waals surface area (Å²) in [4.78, 5) is 21.3. The van der Waals surface area contributed by atoms with Gasteiger partial charge in [0.2, 0.25) is 0 Å². The van der Waals surface area contributed by atoms with Crippen LogP contribution >= 0.6 is 11.3 Å². The first-order chi connectivity index (χ1) is 15.0. The van der Waals surface area contributed by atoms with E-state index in [9.17, 15) is 4.79 Å². The topological polar surface area (TPSA) is 102 Å². The molecule has 0 spiro atoms. The van der Waals surface area contributed by atoms with E-state index in [2.05, 4.69) is 10.6 Å². The van der Waals surface area contributed by atoms with E-state index in [-0.39, 0.29) is 18.6 Å². The summed E-state index contributed by atoms with van der Waals surface area (Å²) < 4.78 is 6.62. The van der Waals surface area contributed by atoms with E-state index in [0.717, 1.165) is 27.3 Å². The minimum Gasteiger partial charge on any atom is -0.484 e. The number of hydrogen-bond acceptors (Lipinski definition) is 7. The second kappa shape index (κ2) is 9.01. The fourth-order valence-electron chi connectivity index (χ4n) is 3.02. The molecule has 2 aromatic heterocycles. The molecule has 0 aliphatic carbocycles. The Morgan fingerprint density at radius 2 is 1.94 bits per heavy atom. The molecule has 2 heterocycles. The van der Waals surface area contributed by atoms with Crippen LogP contribution in [-0.4, -0.2) is 28.5 Å². The molecule has 0 aliphatic heterocycles. The van der Waals surface area contributed by atoms with Gasteiger partial charge in [-0.2, -0.15) is 0 Å². The van der Waals surface area contributed by atoms with Gasteiger partial charge >= 0.3 is 0 Å². The number of thiophene rings is 1. The van der Waals surface area contributed by atoms with E-state index in [1.165, 1.54) is 0 Å². The van der Waals surface area contributed by atoms with Crippen LogP contribution < -0.4 is 21.1 Å². The molecule has 158 valence electrons. The van der Waals surface area contributed by atoms with Gasteiger partial charge in [-0.15, -0.1) is 11.3 Å². The molecule has 4 N–H and O–H groups in total. The lowest BCUT2D eigenvalue weighted by Crippen LogP contribution is -2.34. The first-order valence-corrected chi connectivity index (χ1v) is 10.8. The Morgan fingerprint density at radius 3 is 2.71 bits per heavy atom. The number of amides is 1. The van der Waals surface area contributed by atoms with Crippen LogP contribution in [0, 0.1) is 0 Å². The Kier molecular flexibility index (Phi) is 5.99. The van der Waals surface area contributed by atoms with E-state index in [1.807, 2.05) is 73.8 Å². The van der Waals surface area contributed by atoms with Crippen molar-refractivity contribution in [3.05, 3.63) is 60.0 Å². The van der Waals surface area contributed by atoms with Crippen molar-refractivity contribution in [1.29, 1.82) is 0 Å². The number of carbonyl (C=O) groups excluding carboxylic acids is 1. The van der Waals surface area contributed by atoms with E-state index in [1.54, 1.807) is 11.3 Å². The number of ether oxygens (including phenoxy) is 1. The molecule has 0 bridgehead atoms. The predicted molar refractivity (Wildman–Crippen MR) is 126 cm³/mol. The Labute approximate surface area is 184 Å². The highest BCUT2D eigenvalue weighted by Crippen LogP contribution is 2.32. The maximum Gasteiger partial charge on any atom is 0.258 e. The van der Waals surface area contributed by atoms with Crippen LogP contribution in [0.4, 0.5) is 17.2 Å². The average molecular weight is 434 g/mol. The summed E-state index contributed by atoms with van der Waals surface area (Å²) in [6.07, 6.45) is 0.